The van der Waals surface area contributed by atoms with Gasteiger partial charge in [0.2, 0.25) is 0 Å². The highest BCUT2D eigenvalue weighted by Crippen LogP contribution is 2.09. The fourth-order valence-electron chi connectivity index (χ4n) is 2.63. The smallest absolute Gasteiger partial charge is 0.0587 e. The molecule has 2 N–H and O–H groups in total. The molecule has 21 heavy (non-hydrogen) atoms. The maximum Gasteiger partial charge on any atom is 0.0587 e. The van der Waals surface area contributed by atoms with Crippen LogP contribution >= 0.6 is 0 Å². The molecule has 0 spiro atoms. The second-order valence-electron chi connectivity index (χ2n) is 5.53. The molecule has 0 radical (unpaired) electrons. The van der Waals surface area contributed by atoms with Gasteiger partial charge in [-0.3, -0.25) is 0 Å². The highest BCUT2D eigenvalue weighted by Gasteiger charge is 2.14. The highest BCUT2D eigenvalue weighted by atomic mass is 16.3. The molecule has 0 amide bonds. The number of rotatable bonds is 8. The van der Waals surface area contributed by atoms with Crippen molar-refractivity contribution in [3.05, 3.63) is 71.8 Å². The molecule has 2 atom stereocenters. The van der Waals surface area contributed by atoms with E-state index in [4.69, 9.17) is 0 Å². The van der Waals surface area contributed by atoms with E-state index in [1.807, 2.05) is 24.3 Å². The van der Waals surface area contributed by atoms with Crippen molar-refractivity contribution >= 4 is 0 Å². The third-order valence-corrected chi connectivity index (χ3v) is 3.83. The first-order valence-corrected chi connectivity index (χ1v) is 7.76. The molecule has 0 aliphatic rings. The fraction of sp³-hybridized carbons (Fsp3) is 0.368. The third kappa shape index (κ3) is 5.33. The van der Waals surface area contributed by atoms with Gasteiger partial charge in [0, 0.05) is 12.1 Å². The second-order valence-corrected chi connectivity index (χ2v) is 5.53. The molecule has 0 saturated heterocycles. The van der Waals surface area contributed by atoms with Crippen LogP contribution in [0.4, 0.5) is 0 Å². The molecule has 2 aromatic carbocycles. The molecule has 0 aliphatic carbocycles. The lowest BCUT2D eigenvalue weighted by molar-refractivity contribution is 0.228. The molecule has 112 valence electrons. The fourth-order valence-corrected chi connectivity index (χ4v) is 2.63. The minimum Gasteiger partial charge on any atom is -0.395 e. The number of aliphatic hydroxyl groups excluding tert-OH is 1. The van der Waals surface area contributed by atoms with Crippen LogP contribution in [0.3, 0.4) is 0 Å². The summed E-state index contributed by atoms with van der Waals surface area (Å²) in [6.45, 7) is 2.36. The maximum atomic E-state index is 9.64. The first-order chi connectivity index (χ1) is 10.3. The largest absolute Gasteiger partial charge is 0.395 e. The van der Waals surface area contributed by atoms with Crippen LogP contribution < -0.4 is 5.32 Å². The van der Waals surface area contributed by atoms with E-state index in [2.05, 4.69) is 48.6 Å². The molecule has 0 aliphatic heterocycles. The van der Waals surface area contributed by atoms with Crippen LogP contribution in [0.1, 0.15) is 24.5 Å². The van der Waals surface area contributed by atoms with Crippen LogP contribution in [0.5, 0.6) is 0 Å². The Morgan fingerprint density at radius 3 is 1.71 bits per heavy atom. The summed E-state index contributed by atoms with van der Waals surface area (Å²) in [5.41, 5.74) is 2.60. The summed E-state index contributed by atoms with van der Waals surface area (Å²) in [5, 5.41) is 13.2. The third-order valence-electron chi connectivity index (χ3n) is 3.83. The summed E-state index contributed by atoms with van der Waals surface area (Å²) >= 11 is 0. The van der Waals surface area contributed by atoms with E-state index >= 15 is 0 Å². The summed E-state index contributed by atoms with van der Waals surface area (Å²) < 4.78 is 0. The van der Waals surface area contributed by atoms with Crippen molar-refractivity contribution in [2.24, 2.45) is 0 Å². The topological polar surface area (TPSA) is 32.3 Å². The van der Waals surface area contributed by atoms with Gasteiger partial charge in [0.25, 0.3) is 0 Å². The van der Waals surface area contributed by atoms with Crippen LogP contribution in [0.2, 0.25) is 0 Å². The molecule has 2 rings (SSSR count). The minimum absolute atomic E-state index is 0.112. The number of hydrogen-bond acceptors (Lipinski definition) is 2. The van der Waals surface area contributed by atoms with Gasteiger partial charge < -0.3 is 10.4 Å². The second kappa shape index (κ2) is 8.60. The maximum absolute atomic E-state index is 9.64. The van der Waals surface area contributed by atoms with Crippen LogP contribution in [-0.4, -0.2) is 23.8 Å². The summed E-state index contributed by atoms with van der Waals surface area (Å²) in [5.74, 6) is 0. The van der Waals surface area contributed by atoms with Crippen LogP contribution in [-0.2, 0) is 12.8 Å². The Labute approximate surface area is 127 Å². The number of nitrogens with one attached hydrogen (secondary N) is 1. The molecule has 0 aromatic heterocycles. The van der Waals surface area contributed by atoms with E-state index in [0.29, 0.717) is 6.04 Å². The zero-order chi connectivity index (χ0) is 14.9. The van der Waals surface area contributed by atoms with Gasteiger partial charge in [-0.15, -0.1) is 0 Å². The van der Waals surface area contributed by atoms with Crippen LogP contribution in [0.25, 0.3) is 0 Å². The zero-order valence-corrected chi connectivity index (χ0v) is 12.7. The molecule has 0 fully saturated rings. The van der Waals surface area contributed by atoms with Gasteiger partial charge in [-0.1, -0.05) is 67.6 Å². The Balaban J connectivity index is 1.92. The van der Waals surface area contributed by atoms with Gasteiger partial charge in [0.15, 0.2) is 0 Å². The van der Waals surface area contributed by atoms with Crippen molar-refractivity contribution in [1.82, 2.24) is 5.32 Å². The van der Waals surface area contributed by atoms with Crippen molar-refractivity contribution < 1.29 is 5.11 Å². The molecular formula is C19H25NO. The number of benzene rings is 2. The minimum atomic E-state index is 0.112. The zero-order valence-electron chi connectivity index (χ0n) is 12.7. The van der Waals surface area contributed by atoms with E-state index in [-0.39, 0.29) is 12.6 Å². The van der Waals surface area contributed by atoms with Crippen molar-refractivity contribution in [2.45, 2.75) is 38.3 Å². The van der Waals surface area contributed by atoms with E-state index in [1.54, 1.807) is 0 Å². The quantitative estimate of drug-likeness (QED) is 0.780. The van der Waals surface area contributed by atoms with Gasteiger partial charge in [-0.25, -0.2) is 0 Å². The lowest BCUT2D eigenvalue weighted by atomic mass is 10.0. The normalized spacial score (nSPS) is 13.8. The summed E-state index contributed by atoms with van der Waals surface area (Å²) in [7, 11) is 0. The van der Waals surface area contributed by atoms with Crippen molar-refractivity contribution in [1.29, 1.82) is 0 Å². The van der Waals surface area contributed by atoms with E-state index < -0.39 is 0 Å². The Morgan fingerprint density at radius 2 is 1.29 bits per heavy atom. The van der Waals surface area contributed by atoms with Crippen molar-refractivity contribution in [3.8, 4) is 0 Å². The highest BCUT2D eigenvalue weighted by molar-refractivity contribution is 5.17. The predicted molar refractivity (Wildman–Crippen MR) is 88.4 cm³/mol. The van der Waals surface area contributed by atoms with E-state index in [1.165, 1.54) is 11.1 Å². The average molecular weight is 283 g/mol. The summed E-state index contributed by atoms with van der Waals surface area (Å²) in [6.07, 6.45) is 2.92. The van der Waals surface area contributed by atoms with Gasteiger partial charge >= 0.3 is 0 Å². The van der Waals surface area contributed by atoms with Crippen LogP contribution in [0.15, 0.2) is 60.7 Å². The molecule has 2 nitrogen and oxygen atoms in total. The van der Waals surface area contributed by atoms with Gasteiger partial charge in [0.05, 0.1) is 6.61 Å². The predicted octanol–water partition coefficient (Wildman–Crippen LogP) is 3.20. The first kappa shape index (κ1) is 15.7. The molecule has 0 heterocycles. The molecule has 1 unspecified atom stereocenters. The first-order valence-electron chi connectivity index (χ1n) is 7.76. The number of hydrogen-bond donors (Lipinski definition) is 2. The van der Waals surface area contributed by atoms with E-state index in [9.17, 15) is 5.11 Å². The SMILES string of the molecule is CCC(Cc1ccccc1)N[C@H](CO)Cc1ccccc1. The lowest BCUT2D eigenvalue weighted by Crippen LogP contribution is -2.42. The van der Waals surface area contributed by atoms with Gasteiger partial charge in [-0.05, 0) is 30.4 Å². The molecular weight excluding hydrogens is 258 g/mol. The standard InChI is InChI=1S/C19H25NO/c1-2-18(13-16-9-5-3-6-10-16)20-19(15-21)14-17-11-7-4-8-12-17/h3-12,18-21H,2,13-15H2,1H3/t18?,19-/m0/s1. The molecule has 0 saturated carbocycles. The summed E-state index contributed by atoms with van der Waals surface area (Å²) in [4.78, 5) is 0. The molecule has 2 heteroatoms. The number of aliphatic hydroxyl groups is 1. The van der Waals surface area contributed by atoms with Crippen molar-refractivity contribution in [3.63, 3.8) is 0 Å². The van der Waals surface area contributed by atoms with Crippen LogP contribution in [0, 0.1) is 0 Å². The van der Waals surface area contributed by atoms with Gasteiger partial charge in [0.1, 0.15) is 0 Å². The Kier molecular flexibility index (Phi) is 6.45. The Morgan fingerprint density at radius 1 is 0.810 bits per heavy atom. The van der Waals surface area contributed by atoms with E-state index in [0.717, 1.165) is 19.3 Å². The average Bonchev–Trinajstić information content (AvgIpc) is 2.55. The molecule has 2 aromatic rings. The monoisotopic (exact) mass is 283 g/mol. The van der Waals surface area contributed by atoms with Crippen molar-refractivity contribution in [2.75, 3.05) is 6.61 Å². The molecule has 0 bridgehead atoms. The van der Waals surface area contributed by atoms with Gasteiger partial charge in [-0.2, -0.15) is 0 Å². The summed E-state index contributed by atoms with van der Waals surface area (Å²) in [6, 6.07) is 21.4. The Bertz CT molecular complexity index is 450. The Hall–Kier alpha value is -1.64. The lowest BCUT2D eigenvalue weighted by Gasteiger charge is -2.24.